The van der Waals surface area contributed by atoms with Gasteiger partial charge in [-0.05, 0) is 79.4 Å². The lowest BCUT2D eigenvalue weighted by Gasteiger charge is -2.04. The fraction of sp³-hybridized carbons (Fsp3) is 0.586. The van der Waals surface area contributed by atoms with Crippen LogP contribution in [0.5, 0.6) is 0 Å². The van der Waals surface area contributed by atoms with E-state index in [1.54, 1.807) is 0 Å². The quantitative estimate of drug-likeness (QED) is 0.258. The van der Waals surface area contributed by atoms with Gasteiger partial charge in [-0.25, -0.2) is 0 Å². The predicted molar refractivity (Wildman–Crippen MR) is 149 cm³/mol. The van der Waals surface area contributed by atoms with Gasteiger partial charge in [-0.2, -0.15) is 0 Å². The van der Waals surface area contributed by atoms with Gasteiger partial charge in [-0.1, -0.05) is 92.8 Å². The van der Waals surface area contributed by atoms with Crippen LogP contribution in [0.1, 0.15) is 91.8 Å². The van der Waals surface area contributed by atoms with Gasteiger partial charge in [0.1, 0.15) is 1.41 Å². The van der Waals surface area contributed by atoms with Gasteiger partial charge in [0.25, 0.3) is 0 Å². The third-order valence-corrected chi connectivity index (χ3v) is 4.66. The highest BCUT2D eigenvalue weighted by atomic mass is 14.8. The van der Waals surface area contributed by atoms with Crippen LogP contribution in [0.3, 0.4) is 0 Å². The Labute approximate surface area is 204 Å². The van der Waals surface area contributed by atoms with E-state index >= 15 is 0 Å². The van der Waals surface area contributed by atoms with Crippen LogP contribution in [-0.4, -0.2) is 13.6 Å². The first-order valence-electron chi connectivity index (χ1n) is 12.4. The fourth-order valence-corrected chi connectivity index (χ4v) is 2.82. The monoisotopic (exact) mass is 449 g/mol. The highest BCUT2D eigenvalue weighted by Crippen LogP contribution is 2.14. The van der Waals surface area contributed by atoms with E-state index in [9.17, 15) is 0 Å². The number of hydrogen-bond donors (Lipinski definition) is 3. The summed E-state index contributed by atoms with van der Waals surface area (Å²) in [6.07, 6.45) is 3.77. The molecule has 0 radical (unpaired) electrons. The molecule has 0 aliphatic carbocycles. The van der Waals surface area contributed by atoms with Crippen molar-refractivity contribution < 1.29 is 2.82 Å². The summed E-state index contributed by atoms with van der Waals surface area (Å²) >= 11 is 0. The van der Waals surface area contributed by atoms with E-state index in [1.807, 2.05) is 19.2 Å². The van der Waals surface area contributed by atoms with Crippen molar-refractivity contribution in [2.45, 2.75) is 88.1 Å². The Morgan fingerprint density at radius 2 is 1.38 bits per heavy atom. The average molecular weight is 450 g/mol. The highest BCUT2D eigenvalue weighted by molar-refractivity contribution is 5.39. The topological polar surface area (TPSA) is 64.1 Å². The maximum Gasteiger partial charge on any atom is 0.156 e. The smallest absolute Gasteiger partial charge is 0.156 e. The van der Waals surface area contributed by atoms with E-state index in [0.29, 0.717) is 18.4 Å². The largest absolute Gasteiger partial charge is 0.399 e. The van der Waals surface area contributed by atoms with Crippen molar-refractivity contribution in [3.8, 4) is 0 Å². The summed E-state index contributed by atoms with van der Waals surface area (Å²) < 4.78 is 13.7. The van der Waals surface area contributed by atoms with Crippen LogP contribution >= 0.6 is 0 Å². The molecular formula is C29H55N3. The zero-order chi connectivity index (χ0) is 24.4. The standard InChI is InChI=1S/2C10H15N.C7H17N.2CH4/c1-8(2)10-5-3-9(7-11)4-6-10;1-8(2)7-9-3-5-10(11)6-4-9;1-7(2)5-4-6-8-3;;/h2*3-6,8H,7,11H2,1-2H3;7-8H,4-6H2,1-3H3;2*1H4/i/hT2. The predicted octanol–water partition coefficient (Wildman–Crippen LogP) is 7.65. The molecule has 0 saturated heterocycles. The average Bonchev–Trinajstić information content (AvgIpc) is 2.75. The van der Waals surface area contributed by atoms with E-state index < -0.39 is 0 Å². The molecule has 0 bridgehead atoms. The Morgan fingerprint density at radius 3 is 1.78 bits per heavy atom. The Morgan fingerprint density at radius 1 is 0.812 bits per heavy atom. The minimum absolute atomic E-state index is 0. The van der Waals surface area contributed by atoms with Crippen LogP contribution in [0.2, 0.25) is 2.82 Å². The van der Waals surface area contributed by atoms with Gasteiger partial charge in [0, 0.05) is 12.2 Å². The highest BCUT2D eigenvalue weighted by Gasteiger charge is 1.97. The molecule has 0 aliphatic rings. The summed E-state index contributed by atoms with van der Waals surface area (Å²) in [5.74, 6) is 2.14. The molecule has 0 aliphatic heterocycles. The molecule has 186 valence electrons. The Balaban J connectivity index is -0.000000422. The van der Waals surface area contributed by atoms with Crippen molar-refractivity contribution >= 4 is 5.69 Å². The molecular weight excluding hydrogens is 390 g/mol. The van der Waals surface area contributed by atoms with E-state index in [0.717, 1.165) is 30.1 Å². The number of nitrogens with one attached hydrogen (secondary N) is 1. The molecule has 32 heavy (non-hydrogen) atoms. The van der Waals surface area contributed by atoms with Crippen molar-refractivity contribution in [3.63, 3.8) is 0 Å². The van der Waals surface area contributed by atoms with Crippen molar-refractivity contribution in [2.24, 2.45) is 17.6 Å². The Kier molecular flexibility index (Phi) is 19.8. The number of nitrogen functional groups attached to an aromatic ring is 1. The van der Waals surface area contributed by atoms with Gasteiger partial charge in [-0.3, -0.25) is 0 Å². The van der Waals surface area contributed by atoms with Gasteiger partial charge in [0.2, 0.25) is 0 Å². The van der Waals surface area contributed by atoms with Crippen LogP contribution in [-0.2, 0) is 13.0 Å². The third kappa shape index (κ3) is 18.9. The molecule has 0 heterocycles. The normalized spacial score (nSPS) is 10.6. The molecule has 5 N–H and O–H groups in total. The molecule has 2 rings (SSSR count). The van der Waals surface area contributed by atoms with Crippen LogP contribution in [0, 0.1) is 11.8 Å². The molecule has 0 fully saturated rings. The fourth-order valence-electron chi connectivity index (χ4n) is 2.82. The first kappa shape index (κ1) is 30.2. The van der Waals surface area contributed by atoms with Crippen LogP contribution in [0.25, 0.3) is 0 Å². The molecule has 2 aromatic carbocycles. The van der Waals surface area contributed by atoms with Gasteiger partial charge in [-0.15, -0.1) is 0 Å². The Bertz CT molecular complexity index is 669. The van der Waals surface area contributed by atoms with Crippen molar-refractivity contribution in [1.29, 1.82) is 0 Å². The Hall–Kier alpha value is -1.84. The lowest BCUT2D eigenvalue weighted by Crippen LogP contribution is -2.08. The van der Waals surface area contributed by atoms with Gasteiger partial charge >= 0.3 is 0 Å². The molecule has 0 unspecified atom stereocenters. The second-order valence-electron chi connectivity index (χ2n) is 9.01. The summed E-state index contributed by atoms with van der Waals surface area (Å²) in [5, 5.41) is 3.12. The third-order valence-electron chi connectivity index (χ3n) is 4.66. The number of anilines is 1. The molecule has 3 heteroatoms. The number of benzene rings is 2. The molecule has 0 atom stereocenters. The summed E-state index contributed by atoms with van der Waals surface area (Å²) in [4.78, 5) is 0. The van der Waals surface area contributed by atoms with Crippen LogP contribution < -0.4 is 16.8 Å². The molecule has 0 saturated carbocycles. The number of hydrogen-bond acceptors (Lipinski definition) is 3. The van der Waals surface area contributed by atoms with E-state index in [-0.39, 0.29) is 14.9 Å². The van der Waals surface area contributed by atoms with Crippen molar-refractivity contribution in [2.75, 3.05) is 19.3 Å². The molecule has 3 nitrogen and oxygen atoms in total. The zero-order valence-electron chi connectivity index (χ0n) is 22.4. The lowest BCUT2D eigenvalue weighted by molar-refractivity contribution is 0.543. The number of rotatable bonds is 10. The summed E-state index contributed by atoms with van der Waals surface area (Å²) in [6.45, 7) is 15.1. The summed E-state index contributed by atoms with van der Waals surface area (Å²) in [5.41, 5.74) is 9.44. The van der Waals surface area contributed by atoms with Gasteiger partial charge in [0.05, 0.1) is 0 Å². The maximum atomic E-state index is 6.91. The van der Waals surface area contributed by atoms with Crippen molar-refractivity contribution in [3.05, 3.63) is 65.2 Å². The second kappa shape index (κ2) is 21.0. The van der Waals surface area contributed by atoms with Crippen LogP contribution in [0.15, 0.2) is 48.5 Å². The van der Waals surface area contributed by atoms with Crippen LogP contribution in [0.4, 0.5) is 5.69 Å². The van der Waals surface area contributed by atoms with E-state index in [2.05, 4.69) is 94.7 Å². The van der Waals surface area contributed by atoms with Crippen molar-refractivity contribution in [1.82, 2.24) is 5.32 Å². The first-order valence-corrected chi connectivity index (χ1v) is 11.4. The van der Waals surface area contributed by atoms with E-state index in [1.165, 1.54) is 24.0 Å². The summed E-state index contributed by atoms with van der Waals surface area (Å²) in [7, 11) is 2.00. The molecule has 0 amide bonds. The first-order chi connectivity index (χ1) is 15.2. The van der Waals surface area contributed by atoms with Gasteiger partial charge in [0.15, 0.2) is 1.41 Å². The lowest BCUT2D eigenvalue weighted by atomic mass is 10.0. The minimum atomic E-state index is 0. The molecule has 0 spiro atoms. The molecule has 2 aromatic rings. The summed E-state index contributed by atoms with van der Waals surface area (Å²) in [6, 6.07) is 16.4. The second-order valence-corrected chi connectivity index (χ2v) is 9.01. The number of nitrogens with two attached hydrogens (primary N) is 2. The minimum Gasteiger partial charge on any atom is -0.399 e. The van der Waals surface area contributed by atoms with E-state index in [4.69, 9.17) is 2.82 Å². The SMILES string of the molecule is C.C.CNCCCC(C)C.[3H]NCc1ccc(C(C)C)cc1.[3H]Nc1ccc(CC(C)C)cc1. The molecule has 0 aromatic heterocycles. The maximum absolute atomic E-state index is 6.91. The zero-order valence-corrected chi connectivity index (χ0v) is 20.4. The van der Waals surface area contributed by atoms with Gasteiger partial charge < -0.3 is 16.8 Å².